The summed E-state index contributed by atoms with van der Waals surface area (Å²) in [7, 11) is 0. The lowest BCUT2D eigenvalue weighted by Gasteiger charge is -2.42. The largest absolute Gasteiger partial charge is 0.354 e. The quantitative estimate of drug-likeness (QED) is 0.232. The Kier molecular flexibility index (Phi) is 8.98. The number of hydrogen-bond donors (Lipinski definition) is 1. The molecule has 0 radical (unpaired) electrons. The molecule has 0 saturated heterocycles. The summed E-state index contributed by atoms with van der Waals surface area (Å²) in [5.74, 6) is 0. The molecule has 47 heavy (non-hydrogen) atoms. The van der Waals surface area contributed by atoms with Crippen LogP contribution in [0.1, 0.15) is 131 Å². The van der Waals surface area contributed by atoms with Gasteiger partial charge in [0.15, 0.2) is 0 Å². The van der Waals surface area contributed by atoms with E-state index in [1.54, 1.807) is 0 Å². The van der Waals surface area contributed by atoms with E-state index in [1.807, 2.05) is 0 Å². The van der Waals surface area contributed by atoms with Gasteiger partial charge in [-0.05, 0) is 116 Å². The molecule has 0 atom stereocenters. The summed E-state index contributed by atoms with van der Waals surface area (Å²) in [5, 5.41) is 4.50. The van der Waals surface area contributed by atoms with Crippen LogP contribution < -0.4 is 10.2 Å². The number of benzene rings is 4. The molecule has 2 nitrogen and oxygen atoms in total. The molecule has 0 unspecified atom stereocenters. The summed E-state index contributed by atoms with van der Waals surface area (Å²) in [6.45, 7) is 29.9. The minimum atomic E-state index is -0.0878. The van der Waals surface area contributed by atoms with Gasteiger partial charge in [-0.1, -0.05) is 132 Å². The molecule has 0 heterocycles. The lowest BCUT2D eigenvalue weighted by molar-refractivity contribution is 0.332. The van der Waals surface area contributed by atoms with E-state index in [2.05, 4.69) is 179 Å². The molecule has 4 aromatic rings. The van der Waals surface area contributed by atoms with Crippen molar-refractivity contribution in [1.29, 1.82) is 0 Å². The summed E-state index contributed by atoms with van der Waals surface area (Å²) >= 11 is 7.52. The molecule has 0 saturated carbocycles. The highest BCUT2D eigenvalue weighted by Crippen LogP contribution is 2.49. The van der Waals surface area contributed by atoms with Crippen molar-refractivity contribution in [2.24, 2.45) is 0 Å². The zero-order valence-electron chi connectivity index (χ0n) is 31.2. The molecule has 1 aliphatic carbocycles. The van der Waals surface area contributed by atoms with Crippen LogP contribution >= 0.6 is 11.6 Å². The first kappa shape index (κ1) is 35.1. The summed E-state index contributed by atoms with van der Waals surface area (Å²) in [6, 6.07) is 29.4. The van der Waals surface area contributed by atoms with E-state index in [-0.39, 0.29) is 27.1 Å². The number of hydrogen-bond acceptors (Lipinski definition) is 2. The van der Waals surface area contributed by atoms with Gasteiger partial charge >= 0.3 is 0 Å². The molecule has 0 bridgehead atoms. The minimum absolute atomic E-state index is 0.0667. The van der Waals surface area contributed by atoms with Crippen molar-refractivity contribution in [3.05, 3.63) is 112 Å². The second-order valence-corrected chi connectivity index (χ2v) is 18.6. The lowest BCUT2D eigenvalue weighted by atomic mass is 9.63. The number of rotatable bonds is 5. The maximum absolute atomic E-state index is 7.52. The molecule has 0 amide bonds. The van der Waals surface area contributed by atoms with Gasteiger partial charge in [-0.25, -0.2) is 0 Å². The van der Waals surface area contributed by atoms with E-state index in [1.165, 1.54) is 40.7 Å². The maximum Gasteiger partial charge on any atom is 0.0881 e. The lowest BCUT2D eigenvalue weighted by Crippen LogP contribution is -2.33. The molecule has 0 fully saturated rings. The van der Waals surface area contributed by atoms with Crippen LogP contribution in [0.4, 0.5) is 28.4 Å². The Morgan fingerprint density at radius 3 is 1.45 bits per heavy atom. The Hall–Kier alpha value is -3.23. The van der Waals surface area contributed by atoms with Crippen molar-refractivity contribution in [3.8, 4) is 0 Å². The van der Waals surface area contributed by atoms with Crippen molar-refractivity contribution in [2.75, 3.05) is 10.2 Å². The monoisotopic (exact) mass is 648 g/mol. The summed E-state index contributed by atoms with van der Waals surface area (Å²) in [4.78, 5) is 2.32. The van der Waals surface area contributed by atoms with E-state index in [0.717, 1.165) is 28.4 Å². The molecule has 250 valence electrons. The SMILES string of the molecule is CC(C)(C)c1ccc(N(c2ccc(C(C)(C)C)cc2)c2cc(C(C)(C)C)cc(Nc3ccc4c(c3)C(C)(C)CCC4(C)C)c2Cl)cc1. The molecular weight excluding hydrogens is 592 g/mol. The predicted molar refractivity (Wildman–Crippen MR) is 207 cm³/mol. The normalized spacial score (nSPS) is 16.0. The van der Waals surface area contributed by atoms with Gasteiger partial charge in [-0.2, -0.15) is 0 Å². The average Bonchev–Trinajstić information content (AvgIpc) is 2.96. The Morgan fingerprint density at radius 2 is 1.00 bits per heavy atom. The van der Waals surface area contributed by atoms with Crippen molar-refractivity contribution >= 4 is 40.0 Å². The molecule has 4 aromatic carbocycles. The topological polar surface area (TPSA) is 15.3 Å². The van der Waals surface area contributed by atoms with Gasteiger partial charge in [-0.3, -0.25) is 0 Å². The van der Waals surface area contributed by atoms with Crippen LogP contribution in [0.3, 0.4) is 0 Å². The number of nitrogens with one attached hydrogen (secondary N) is 1. The van der Waals surface area contributed by atoms with Gasteiger partial charge in [-0.15, -0.1) is 0 Å². The van der Waals surface area contributed by atoms with Gasteiger partial charge in [0.1, 0.15) is 0 Å². The number of halogens is 1. The summed E-state index contributed by atoms with van der Waals surface area (Å²) in [6.07, 6.45) is 2.38. The van der Waals surface area contributed by atoms with Crippen molar-refractivity contribution < 1.29 is 0 Å². The van der Waals surface area contributed by atoms with E-state index in [9.17, 15) is 0 Å². The van der Waals surface area contributed by atoms with Gasteiger partial charge in [0.05, 0.1) is 16.4 Å². The second-order valence-electron chi connectivity index (χ2n) is 18.2. The predicted octanol–water partition coefficient (Wildman–Crippen LogP) is 13.8. The highest BCUT2D eigenvalue weighted by molar-refractivity contribution is 6.36. The number of anilines is 5. The Bertz CT molecular complexity index is 1680. The number of fused-ring (bicyclic) bond motifs is 1. The van der Waals surface area contributed by atoms with Crippen LogP contribution in [0.15, 0.2) is 78.9 Å². The third-order valence-electron chi connectivity index (χ3n) is 10.3. The highest BCUT2D eigenvalue weighted by atomic mass is 35.5. The van der Waals surface area contributed by atoms with Crippen molar-refractivity contribution in [2.45, 2.75) is 130 Å². The molecule has 0 aromatic heterocycles. The van der Waals surface area contributed by atoms with Crippen LogP contribution in [0, 0.1) is 0 Å². The fourth-order valence-electron chi connectivity index (χ4n) is 6.77. The van der Waals surface area contributed by atoms with Crippen LogP contribution in [-0.4, -0.2) is 0 Å². The summed E-state index contributed by atoms with van der Waals surface area (Å²) < 4.78 is 0. The minimum Gasteiger partial charge on any atom is -0.354 e. The van der Waals surface area contributed by atoms with Crippen LogP contribution in [-0.2, 0) is 27.1 Å². The first-order chi connectivity index (χ1) is 21.6. The van der Waals surface area contributed by atoms with Gasteiger partial charge in [0, 0.05) is 17.1 Å². The van der Waals surface area contributed by atoms with E-state index < -0.39 is 0 Å². The van der Waals surface area contributed by atoms with Crippen molar-refractivity contribution in [3.63, 3.8) is 0 Å². The third kappa shape index (κ3) is 7.29. The first-order valence-electron chi connectivity index (χ1n) is 17.4. The van der Waals surface area contributed by atoms with Crippen molar-refractivity contribution in [1.82, 2.24) is 0 Å². The molecule has 1 aliphatic rings. The molecular formula is C44H57ClN2. The van der Waals surface area contributed by atoms with Gasteiger partial charge in [0.25, 0.3) is 0 Å². The fraction of sp³-hybridized carbons (Fsp3) is 0.455. The Labute approximate surface area is 291 Å². The molecule has 0 aliphatic heterocycles. The molecule has 3 heteroatoms. The smallest absolute Gasteiger partial charge is 0.0881 e. The van der Waals surface area contributed by atoms with Crippen LogP contribution in [0.25, 0.3) is 0 Å². The van der Waals surface area contributed by atoms with Gasteiger partial charge < -0.3 is 10.2 Å². The van der Waals surface area contributed by atoms with Gasteiger partial charge in [0.2, 0.25) is 0 Å². The Morgan fingerprint density at radius 1 is 0.553 bits per heavy atom. The summed E-state index contributed by atoms with van der Waals surface area (Å²) in [5.41, 5.74) is 12.2. The number of nitrogens with zero attached hydrogens (tertiary/aromatic N) is 1. The Balaban J connectivity index is 1.69. The van der Waals surface area contributed by atoms with E-state index >= 15 is 0 Å². The zero-order chi connectivity index (χ0) is 34.7. The van der Waals surface area contributed by atoms with Crippen LogP contribution in [0.2, 0.25) is 5.02 Å². The van der Waals surface area contributed by atoms with E-state index in [4.69, 9.17) is 11.6 Å². The standard InChI is InChI=1S/C44H57ClN2/c1-40(2,3)29-14-19-33(20-15-29)47(34-21-16-30(17-22-34)41(4,5)6)38-27-31(42(7,8)9)26-37(39(38)45)46-32-18-23-35-36(28-32)44(12,13)25-24-43(35,10)11/h14-23,26-28,46H,24-25H2,1-13H3. The molecule has 0 spiro atoms. The van der Waals surface area contributed by atoms with E-state index in [0.29, 0.717) is 5.02 Å². The highest BCUT2D eigenvalue weighted by Gasteiger charge is 2.37. The molecule has 1 N–H and O–H groups in total. The maximum atomic E-state index is 7.52. The van der Waals surface area contributed by atoms with Crippen LogP contribution in [0.5, 0.6) is 0 Å². The zero-order valence-corrected chi connectivity index (χ0v) is 32.0. The average molecular weight is 649 g/mol. The first-order valence-corrected chi connectivity index (χ1v) is 17.7. The fourth-order valence-corrected chi connectivity index (χ4v) is 7.01. The third-order valence-corrected chi connectivity index (χ3v) is 10.7. The second kappa shape index (κ2) is 12.0. The molecule has 5 rings (SSSR count).